The zero-order valence-corrected chi connectivity index (χ0v) is 13.5. The fraction of sp³-hybridized carbons (Fsp3) is 0.143. The summed E-state index contributed by atoms with van der Waals surface area (Å²) in [6, 6.07) is 19.9. The van der Waals surface area contributed by atoms with E-state index in [1.165, 1.54) is 21.9 Å². The lowest BCUT2D eigenvalue weighted by Crippen LogP contribution is -2.19. The zero-order chi connectivity index (χ0) is 16.5. The van der Waals surface area contributed by atoms with E-state index in [4.69, 9.17) is 0 Å². The van der Waals surface area contributed by atoms with Gasteiger partial charge in [0.2, 0.25) is 0 Å². The third kappa shape index (κ3) is 2.48. The van der Waals surface area contributed by atoms with Crippen molar-refractivity contribution >= 4 is 22.4 Å². The number of benzene rings is 3. The first-order chi connectivity index (χ1) is 11.7. The summed E-state index contributed by atoms with van der Waals surface area (Å²) in [4.78, 5) is 12.1. The smallest absolute Gasteiger partial charge is 0.267 e. The lowest BCUT2D eigenvalue weighted by Gasteiger charge is -2.09. The zero-order valence-electron chi connectivity index (χ0n) is 13.5. The molecular formula is C21H18N2O. The largest absolute Gasteiger partial charge is 0.271 e. The first kappa shape index (κ1) is 14.6. The third-order valence-corrected chi connectivity index (χ3v) is 4.63. The maximum atomic E-state index is 12.1. The van der Waals surface area contributed by atoms with Gasteiger partial charge in [0, 0.05) is 11.1 Å². The molecule has 1 amide bonds. The van der Waals surface area contributed by atoms with Gasteiger partial charge < -0.3 is 0 Å². The summed E-state index contributed by atoms with van der Waals surface area (Å²) in [6.45, 7) is 1.93. The van der Waals surface area contributed by atoms with Crippen LogP contribution in [0.1, 0.15) is 34.0 Å². The van der Waals surface area contributed by atoms with E-state index in [2.05, 4.69) is 40.9 Å². The van der Waals surface area contributed by atoms with Crippen LogP contribution >= 0.6 is 0 Å². The monoisotopic (exact) mass is 314 g/mol. The predicted octanol–water partition coefficient (Wildman–Crippen LogP) is 4.09. The Kier molecular flexibility index (Phi) is 3.62. The number of aryl methyl sites for hydroxylation is 2. The number of amides is 1. The molecule has 3 aromatic carbocycles. The Labute approximate surface area is 141 Å². The highest BCUT2D eigenvalue weighted by atomic mass is 16.2. The van der Waals surface area contributed by atoms with E-state index < -0.39 is 0 Å². The van der Waals surface area contributed by atoms with Gasteiger partial charge in [0.05, 0.1) is 5.71 Å². The Bertz CT molecular complexity index is 948. The molecule has 0 atom stereocenters. The predicted molar refractivity (Wildman–Crippen MR) is 97.5 cm³/mol. The van der Waals surface area contributed by atoms with Crippen LogP contribution in [0.2, 0.25) is 0 Å². The maximum Gasteiger partial charge on any atom is 0.271 e. The van der Waals surface area contributed by atoms with Crippen molar-refractivity contribution in [2.45, 2.75) is 19.8 Å². The second kappa shape index (κ2) is 5.93. The molecule has 3 nitrogen and oxygen atoms in total. The molecule has 3 heteroatoms. The van der Waals surface area contributed by atoms with Gasteiger partial charge >= 0.3 is 0 Å². The normalized spacial score (nSPS) is 13.3. The quantitative estimate of drug-likeness (QED) is 0.574. The number of hydrogen-bond acceptors (Lipinski definition) is 2. The standard InChI is InChI=1S/C21H18N2O/c1-14(22-23-21(24)17-6-3-2-4-7-17)18-13-12-16-11-10-15-8-5-9-19(18)20(15)16/h2-9,12-13H,10-11H2,1H3,(H,23,24)/b22-14-. The van der Waals surface area contributed by atoms with Gasteiger partial charge in [-0.2, -0.15) is 5.10 Å². The number of hydrogen-bond donors (Lipinski definition) is 1. The van der Waals surface area contributed by atoms with Crippen molar-refractivity contribution in [3.63, 3.8) is 0 Å². The van der Waals surface area contributed by atoms with Crippen LogP contribution in [-0.4, -0.2) is 11.6 Å². The summed E-state index contributed by atoms with van der Waals surface area (Å²) in [5.74, 6) is -0.194. The molecule has 0 fully saturated rings. The third-order valence-electron chi connectivity index (χ3n) is 4.63. The van der Waals surface area contributed by atoms with Gasteiger partial charge in [0.15, 0.2) is 0 Å². The van der Waals surface area contributed by atoms with Gasteiger partial charge in [0.1, 0.15) is 0 Å². The highest BCUT2D eigenvalue weighted by Gasteiger charge is 2.16. The van der Waals surface area contributed by atoms with Crippen LogP contribution in [0.3, 0.4) is 0 Å². The SMILES string of the molecule is C/C(=N/NC(=O)c1ccccc1)c1ccc2c3c(cccc13)CC2. The molecule has 1 aliphatic carbocycles. The minimum Gasteiger partial charge on any atom is -0.267 e. The Morgan fingerprint density at radius 1 is 0.917 bits per heavy atom. The number of carbonyl (C=O) groups is 1. The first-order valence-electron chi connectivity index (χ1n) is 8.17. The molecule has 0 spiro atoms. The van der Waals surface area contributed by atoms with Gasteiger partial charge in [-0.15, -0.1) is 0 Å². The number of nitrogens with one attached hydrogen (secondary N) is 1. The van der Waals surface area contributed by atoms with Crippen LogP contribution < -0.4 is 5.43 Å². The van der Waals surface area contributed by atoms with Gasteiger partial charge in [0.25, 0.3) is 5.91 Å². The summed E-state index contributed by atoms with van der Waals surface area (Å²) in [7, 11) is 0. The van der Waals surface area contributed by atoms with E-state index in [-0.39, 0.29) is 5.91 Å². The molecule has 1 N–H and O–H groups in total. The molecule has 0 saturated heterocycles. The van der Waals surface area contributed by atoms with Gasteiger partial charge in [-0.05, 0) is 53.8 Å². The maximum absolute atomic E-state index is 12.1. The van der Waals surface area contributed by atoms with Crippen molar-refractivity contribution in [2.24, 2.45) is 5.10 Å². The number of nitrogens with zero attached hydrogens (tertiary/aromatic N) is 1. The molecule has 0 saturated carbocycles. The second-order valence-corrected chi connectivity index (χ2v) is 6.12. The Balaban J connectivity index is 1.67. The van der Waals surface area contributed by atoms with E-state index in [9.17, 15) is 4.79 Å². The van der Waals surface area contributed by atoms with Crippen LogP contribution in [-0.2, 0) is 12.8 Å². The van der Waals surface area contributed by atoms with Crippen molar-refractivity contribution in [3.8, 4) is 0 Å². The molecule has 3 aromatic rings. The molecule has 118 valence electrons. The molecule has 0 aliphatic heterocycles. The molecule has 4 rings (SSSR count). The Morgan fingerprint density at radius 2 is 1.67 bits per heavy atom. The highest BCUT2D eigenvalue weighted by molar-refractivity contribution is 6.11. The van der Waals surface area contributed by atoms with Crippen molar-refractivity contribution in [2.75, 3.05) is 0 Å². The fourth-order valence-corrected chi connectivity index (χ4v) is 3.41. The van der Waals surface area contributed by atoms with E-state index >= 15 is 0 Å². The summed E-state index contributed by atoms with van der Waals surface area (Å²) in [5, 5.41) is 6.90. The molecule has 0 radical (unpaired) electrons. The summed E-state index contributed by atoms with van der Waals surface area (Å²) < 4.78 is 0. The van der Waals surface area contributed by atoms with E-state index in [1.54, 1.807) is 12.1 Å². The number of hydrazone groups is 1. The van der Waals surface area contributed by atoms with Crippen molar-refractivity contribution in [1.82, 2.24) is 5.43 Å². The van der Waals surface area contributed by atoms with Gasteiger partial charge in [-0.25, -0.2) is 5.43 Å². The number of rotatable bonds is 3. The molecule has 0 aromatic heterocycles. The lowest BCUT2D eigenvalue weighted by atomic mass is 9.98. The molecular weight excluding hydrogens is 296 g/mol. The Morgan fingerprint density at radius 3 is 2.46 bits per heavy atom. The van der Waals surface area contributed by atoms with Crippen LogP contribution in [0.5, 0.6) is 0 Å². The van der Waals surface area contributed by atoms with Crippen molar-refractivity contribution in [3.05, 3.63) is 82.9 Å². The molecule has 0 bridgehead atoms. The summed E-state index contributed by atoms with van der Waals surface area (Å²) in [5.41, 5.74) is 7.97. The van der Waals surface area contributed by atoms with E-state index in [0.29, 0.717) is 5.56 Å². The Hall–Kier alpha value is -2.94. The van der Waals surface area contributed by atoms with Crippen LogP contribution in [0.25, 0.3) is 10.8 Å². The van der Waals surface area contributed by atoms with E-state index in [0.717, 1.165) is 24.1 Å². The molecule has 24 heavy (non-hydrogen) atoms. The van der Waals surface area contributed by atoms with Crippen molar-refractivity contribution < 1.29 is 4.79 Å². The second-order valence-electron chi connectivity index (χ2n) is 6.12. The molecule has 0 heterocycles. The molecule has 1 aliphatic rings. The van der Waals surface area contributed by atoms with Gasteiger partial charge in [-0.1, -0.05) is 48.5 Å². The minimum atomic E-state index is -0.194. The van der Waals surface area contributed by atoms with Gasteiger partial charge in [-0.3, -0.25) is 4.79 Å². The fourth-order valence-electron chi connectivity index (χ4n) is 3.41. The minimum absolute atomic E-state index is 0.194. The van der Waals surface area contributed by atoms with Crippen molar-refractivity contribution in [1.29, 1.82) is 0 Å². The van der Waals surface area contributed by atoms with E-state index in [1.807, 2.05) is 25.1 Å². The first-order valence-corrected chi connectivity index (χ1v) is 8.17. The molecule has 0 unspecified atom stereocenters. The average molecular weight is 314 g/mol. The topological polar surface area (TPSA) is 41.5 Å². The summed E-state index contributed by atoms with van der Waals surface area (Å²) in [6.07, 6.45) is 2.22. The highest BCUT2D eigenvalue weighted by Crippen LogP contribution is 2.32. The summed E-state index contributed by atoms with van der Waals surface area (Å²) >= 11 is 0. The average Bonchev–Trinajstić information content (AvgIpc) is 3.05. The van der Waals surface area contributed by atoms with Crippen LogP contribution in [0.15, 0.2) is 65.8 Å². The lowest BCUT2D eigenvalue weighted by molar-refractivity contribution is 0.0955. The van der Waals surface area contributed by atoms with Crippen LogP contribution in [0, 0.1) is 0 Å². The van der Waals surface area contributed by atoms with Crippen LogP contribution in [0.4, 0.5) is 0 Å². The number of carbonyl (C=O) groups excluding carboxylic acids is 1.